The molecule has 2 aromatic carbocycles. The Balaban J connectivity index is 1.13. The van der Waals surface area contributed by atoms with Crippen molar-refractivity contribution < 1.29 is 13.9 Å². The van der Waals surface area contributed by atoms with Crippen molar-refractivity contribution >= 4 is 29.1 Å². The number of nitrogens with one attached hydrogen (secondary N) is 1. The van der Waals surface area contributed by atoms with E-state index in [0.717, 1.165) is 62.4 Å². The Bertz CT molecular complexity index is 1170. The Morgan fingerprint density at radius 3 is 2.54 bits per heavy atom. The molecule has 2 saturated heterocycles. The molecule has 184 valence electrons. The van der Waals surface area contributed by atoms with E-state index in [-0.39, 0.29) is 12.0 Å². The van der Waals surface area contributed by atoms with E-state index in [9.17, 15) is 4.79 Å². The number of rotatable bonds is 6. The Hall–Kier alpha value is -2.51. The lowest BCUT2D eigenvalue weighted by Gasteiger charge is -2.34. The van der Waals surface area contributed by atoms with Gasteiger partial charge in [0.2, 0.25) is 0 Å². The first kappa shape index (κ1) is 24.2. The number of nitrogens with zero attached hydrogens (tertiary/aromatic N) is 2. The van der Waals surface area contributed by atoms with Crippen molar-refractivity contribution in [2.45, 2.75) is 25.5 Å². The number of piperidine rings is 1. The normalized spacial score (nSPS) is 17.5. The number of ether oxygens (including phenoxy) is 1. The van der Waals surface area contributed by atoms with Crippen LogP contribution in [-0.2, 0) is 6.54 Å². The van der Waals surface area contributed by atoms with Crippen molar-refractivity contribution in [1.82, 2.24) is 15.1 Å². The minimum atomic E-state index is -0.0830. The monoisotopic (exact) mass is 513 g/mol. The molecule has 0 unspecified atom stereocenters. The van der Waals surface area contributed by atoms with Gasteiger partial charge in [0.1, 0.15) is 17.6 Å². The molecule has 1 amide bonds. The highest BCUT2D eigenvalue weighted by molar-refractivity contribution is 6.32. The predicted octanol–water partition coefficient (Wildman–Crippen LogP) is 5.34. The predicted molar refractivity (Wildman–Crippen MR) is 138 cm³/mol. The molecule has 1 aromatic heterocycles. The van der Waals surface area contributed by atoms with E-state index in [0.29, 0.717) is 34.7 Å². The van der Waals surface area contributed by atoms with Crippen LogP contribution in [0.1, 0.15) is 29.0 Å². The topological polar surface area (TPSA) is 58.0 Å². The number of hydrogen-bond donors (Lipinski definition) is 1. The zero-order chi connectivity index (χ0) is 24.2. The van der Waals surface area contributed by atoms with Crippen LogP contribution in [0.3, 0.4) is 0 Å². The van der Waals surface area contributed by atoms with Crippen LogP contribution in [0, 0.1) is 0 Å². The number of piperazine rings is 1. The van der Waals surface area contributed by atoms with Gasteiger partial charge in [-0.3, -0.25) is 9.69 Å². The summed E-state index contributed by atoms with van der Waals surface area (Å²) in [5.41, 5.74) is 2.00. The zero-order valence-electron chi connectivity index (χ0n) is 19.5. The van der Waals surface area contributed by atoms with E-state index in [4.69, 9.17) is 32.4 Å². The second kappa shape index (κ2) is 11.0. The SMILES string of the molecule is O=C(c1ccc(-c2cccc(Cl)c2)o1)N1CCN(Cc2ccc(OC3CCNCC3)c(Cl)c2)CC1. The zero-order valence-corrected chi connectivity index (χ0v) is 21.0. The van der Waals surface area contributed by atoms with E-state index in [1.54, 1.807) is 6.07 Å². The molecule has 0 saturated carbocycles. The summed E-state index contributed by atoms with van der Waals surface area (Å²) in [6.07, 6.45) is 2.23. The van der Waals surface area contributed by atoms with Gasteiger partial charge in [0.25, 0.3) is 5.91 Å². The van der Waals surface area contributed by atoms with Crippen molar-refractivity contribution in [2.24, 2.45) is 0 Å². The number of halogens is 2. The van der Waals surface area contributed by atoms with Crippen molar-refractivity contribution in [2.75, 3.05) is 39.3 Å². The highest BCUT2D eigenvalue weighted by Gasteiger charge is 2.25. The van der Waals surface area contributed by atoms with E-state index >= 15 is 0 Å². The number of furan rings is 1. The molecular formula is C27H29Cl2N3O3. The molecule has 2 aliphatic rings. The first-order valence-electron chi connectivity index (χ1n) is 12.1. The summed E-state index contributed by atoms with van der Waals surface area (Å²) >= 11 is 12.6. The Morgan fingerprint density at radius 1 is 1.00 bits per heavy atom. The fourth-order valence-electron chi connectivity index (χ4n) is 4.60. The first-order chi connectivity index (χ1) is 17.0. The average molecular weight is 514 g/mol. The second-order valence-corrected chi connectivity index (χ2v) is 9.92. The summed E-state index contributed by atoms with van der Waals surface area (Å²) in [7, 11) is 0. The molecule has 0 spiro atoms. The van der Waals surface area contributed by atoms with Gasteiger partial charge in [-0.25, -0.2) is 0 Å². The van der Waals surface area contributed by atoms with Gasteiger partial charge < -0.3 is 19.4 Å². The molecule has 0 bridgehead atoms. The molecule has 8 heteroatoms. The lowest BCUT2D eigenvalue weighted by molar-refractivity contribution is 0.0598. The summed E-state index contributed by atoms with van der Waals surface area (Å²) in [4.78, 5) is 17.2. The third-order valence-electron chi connectivity index (χ3n) is 6.57. The minimum Gasteiger partial charge on any atom is -0.489 e. The smallest absolute Gasteiger partial charge is 0.289 e. The van der Waals surface area contributed by atoms with Crippen LogP contribution < -0.4 is 10.1 Å². The Morgan fingerprint density at radius 2 is 1.80 bits per heavy atom. The van der Waals surface area contributed by atoms with E-state index in [2.05, 4.69) is 16.3 Å². The van der Waals surface area contributed by atoms with Crippen LogP contribution in [0.15, 0.2) is 59.0 Å². The van der Waals surface area contributed by atoms with Gasteiger partial charge in [-0.2, -0.15) is 0 Å². The standard InChI is InChI=1S/C27H29Cl2N3O3/c28-21-3-1-2-20(17-21)24-6-7-26(35-24)27(33)32-14-12-31(13-15-32)18-19-4-5-25(23(29)16-19)34-22-8-10-30-11-9-22/h1-7,16-17,22,30H,8-15,18H2. The maximum atomic E-state index is 13.0. The van der Waals surface area contributed by atoms with Gasteiger partial charge in [-0.15, -0.1) is 0 Å². The fourth-order valence-corrected chi connectivity index (χ4v) is 5.04. The molecule has 6 nitrogen and oxygen atoms in total. The van der Waals surface area contributed by atoms with Crippen LogP contribution in [0.4, 0.5) is 0 Å². The Kier molecular flexibility index (Phi) is 7.63. The minimum absolute atomic E-state index is 0.0830. The maximum Gasteiger partial charge on any atom is 0.289 e. The van der Waals surface area contributed by atoms with Crippen LogP contribution in [-0.4, -0.2) is 61.1 Å². The molecule has 0 aliphatic carbocycles. The van der Waals surface area contributed by atoms with Crippen LogP contribution in [0.5, 0.6) is 5.75 Å². The summed E-state index contributed by atoms with van der Waals surface area (Å²) in [6, 6.07) is 17.0. The highest BCUT2D eigenvalue weighted by Crippen LogP contribution is 2.29. The lowest BCUT2D eigenvalue weighted by atomic mass is 10.1. The molecule has 3 aromatic rings. The summed E-state index contributed by atoms with van der Waals surface area (Å²) in [5, 5.41) is 4.63. The number of carbonyl (C=O) groups excluding carboxylic acids is 1. The quantitative estimate of drug-likeness (QED) is 0.481. The number of benzene rings is 2. The van der Waals surface area contributed by atoms with Crippen molar-refractivity contribution in [3.05, 3.63) is 76.0 Å². The van der Waals surface area contributed by atoms with Gasteiger partial charge >= 0.3 is 0 Å². The van der Waals surface area contributed by atoms with Gasteiger partial charge in [-0.05, 0) is 67.9 Å². The van der Waals surface area contributed by atoms with Crippen molar-refractivity contribution in [1.29, 1.82) is 0 Å². The third kappa shape index (κ3) is 6.01. The van der Waals surface area contributed by atoms with Crippen LogP contribution in [0.25, 0.3) is 11.3 Å². The first-order valence-corrected chi connectivity index (χ1v) is 12.8. The Labute approximate surface area is 215 Å². The third-order valence-corrected chi connectivity index (χ3v) is 7.10. The molecule has 1 N–H and O–H groups in total. The molecular weight excluding hydrogens is 485 g/mol. The molecule has 3 heterocycles. The molecule has 2 fully saturated rings. The van der Waals surface area contributed by atoms with Crippen molar-refractivity contribution in [3.8, 4) is 17.1 Å². The maximum absolute atomic E-state index is 13.0. The van der Waals surface area contributed by atoms with Gasteiger partial charge in [-0.1, -0.05) is 41.4 Å². The summed E-state index contributed by atoms with van der Waals surface area (Å²) < 4.78 is 12.0. The summed E-state index contributed by atoms with van der Waals surface area (Å²) in [5.74, 6) is 1.66. The highest BCUT2D eigenvalue weighted by atomic mass is 35.5. The second-order valence-electron chi connectivity index (χ2n) is 9.07. The average Bonchev–Trinajstić information content (AvgIpc) is 3.37. The molecule has 2 aliphatic heterocycles. The van der Waals surface area contributed by atoms with Gasteiger partial charge in [0.05, 0.1) is 5.02 Å². The van der Waals surface area contributed by atoms with E-state index < -0.39 is 0 Å². The van der Waals surface area contributed by atoms with Crippen LogP contribution in [0.2, 0.25) is 10.0 Å². The van der Waals surface area contributed by atoms with Gasteiger partial charge in [0.15, 0.2) is 5.76 Å². The molecule has 0 atom stereocenters. The number of carbonyl (C=O) groups is 1. The molecule has 5 rings (SSSR count). The van der Waals surface area contributed by atoms with Gasteiger partial charge in [0, 0.05) is 43.3 Å². The molecule has 35 heavy (non-hydrogen) atoms. The van der Waals surface area contributed by atoms with E-state index in [1.165, 1.54) is 0 Å². The van der Waals surface area contributed by atoms with Crippen LogP contribution >= 0.6 is 23.2 Å². The molecule has 0 radical (unpaired) electrons. The van der Waals surface area contributed by atoms with E-state index in [1.807, 2.05) is 47.4 Å². The summed E-state index contributed by atoms with van der Waals surface area (Å²) in [6.45, 7) is 5.63. The number of amides is 1. The number of hydrogen-bond acceptors (Lipinski definition) is 5. The lowest BCUT2D eigenvalue weighted by Crippen LogP contribution is -2.48. The van der Waals surface area contributed by atoms with Crippen molar-refractivity contribution in [3.63, 3.8) is 0 Å². The fraction of sp³-hybridized carbons (Fsp3) is 0.370. The largest absolute Gasteiger partial charge is 0.489 e.